The van der Waals surface area contributed by atoms with Gasteiger partial charge in [0.2, 0.25) is 5.89 Å². The lowest BCUT2D eigenvalue weighted by molar-refractivity contribution is 0.400. The van der Waals surface area contributed by atoms with Crippen molar-refractivity contribution in [1.82, 2.24) is 20.1 Å². The van der Waals surface area contributed by atoms with E-state index < -0.39 is 0 Å². The fourth-order valence-corrected chi connectivity index (χ4v) is 1.63. The molecule has 0 unspecified atom stereocenters. The maximum absolute atomic E-state index is 5.50. The summed E-state index contributed by atoms with van der Waals surface area (Å²) in [7, 11) is 0. The van der Waals surface area contributed by atoms with E-state index in [0.717, 1.165) is 23.9 Å². The molecular formula is C12H18N4O. The third kappa shape index (κ3) is 3.17. The highest BCUT2D eigenvalue weighted by Gasteiger charge is 2.07. The van der Waals surface area contributed by atoms with Gasteiger partial charge in [-0.2, -0.15) is 5.10 Å². The molecule has 0 aliphatic heterocycles. The van der Waals surface area contributed by atoms with Gasteiger partial charge < -0.3 is 9.73 Å². The zero-order valence-corrected chi connectivity index (χ0v) is 10.5. The molecular weight excluding hydrogens is 216 g/mol. The minimum Gasteiger partial charge on any atom is -0.444 e. The molecule has 2 aromatic rings. The first-order valence-electron chi connectivity index (χ1n) is 5.79. The Morgan fingerprint density at radius 2 is 2.29 bits per heavy atom. The Bertz CT molecular complexity index is 441. The van der Waals surface area contributed by atoms with Gasteiger partial charge in [-0.1, -0.05) is 0 Å². The topological polar surface area (TPSA) is 55.9 Å². The molecule has 92 valence electrons. The van der Waals surface area contributed by atoms with E-state index in [1.54, 1.807) is 6.20 Å². The summed E-state index contributed by atoms with van der Waals surface area (Å²) >= 11 is 0. The number of nitrogens with one attached hydrogen (secondary N) is 1. The normalized spacial score (nSPS) is 12.9. The van der Waals surface area contributed by atoms with E-state index >= 15 is 0 Å². The highest BCUT2D eigenvalue weighted by atomic mass is 16.4. The average Bonchev–Trinajstić information content (AvgIpc) is 2.87. The summed E-state index contributed by atoms with van der Waals surface area (Å²) in [5.41, 5.74) is 0.960. The molecule has 0 spiro atoms. The number of aryl methyl sites for hydroxylation is 2. The van der Waals surface area contributed by atoms with Gasteiger partial charge in [0.1, 0.15) is 5.76 Å². The lowest BCUT2D eigenvalue weighted by Gasteiger charge is -2.12. The first kappa shape index (κ1) is 11.9. The second-order valence-electron chi connectivity index (χ2n) is 4.26. The first-order valence-corrected chi connectivity index (χ1v) is 5.79. The van der Waals surface area contributed by atoms with Gasteiger partial charge in [-0.25, -0.2) is 4.98 Å². The Morgan fingerprint density at radius 1 is 1.47 bits per heavy atom. The molecule has 0 fully saturated rings. The van der Waals surface area contributed by atoms with E-state index in [1.807, 2.05) is 30.8 Å². The van der Waals surface area contributed by atoms with E-state index in [1.165, 1.54) is 0 Å². The van der Waals surface area contributed by atoms with Gasteiger partial charge >= 0.3 is 0 Å². The van der Waals surface area contributed by atoms with E-state index in [0.29, 0.717) is 12.6 Å². The molecule has 0 aliphatic carbocycles. The lowest BCUT2D eigenvalue weighted by Crippen LogP contribution is -2.30. The van der Waals surface area contributed by atoms with Gasteiger partial charge in [-0.3, -0.25) is 4.68 Å². The van der Waals surface area contributed by atoms with Crippen LogP contribution in [0, 0.1) is 13.8 Å². The van der Waals surface area contributed by atoms with Crippen LogP contribution in [-0.2, 0) is 13.1 Å². The van der Waals surface area contributed by atoms with E-state index in [2.05, 4.69) is 22.3 Å². The van der Waals surface area contributed by atoms with Crippen LogP contribution in [0.15, 0.2) is 22.9 Å². The zero-order valence-electron chi connectivity index (χ0n) is 10.5. The maximum Gasteiger partial charge on any atom is 0.208 e. The molecule has 0 bridgehead atoms. The van der Waals surface area contributed by atoms with E-state index in [4.69, 9.17) is 4.42 Å². The van der Waals surface area contributed by atoms with Crippen molar-refractivity contribution in [2.24, 2.45) is 0 Å². The summed E-state index contributed by atoms with van der Waals surface area (Å²) in [6.45, 7) is 7.49. The van der Waals surface area contributed by atoms with Crippen molar-refractivity contribution in [3.8, 4) is 0 Å². The summed E-state index contributed by atoms with van der Waals surface area (Å²) in [4.78, 5) is 4.33. The van der Waals surface area contributed by atoms with Crippen molar-refractivity contribution in [2.75, 3.05) is 0 Å². The van der Waals surface area contributed by atoms with Crippen molar-refractivity contribution < 1.29 is 4.42 Å². The van der Waals surface area contributed by atoms with Crippen LogP contribution in [0.2, 0.25) is 0 Å². The molecule has 0 radical (unpaired) electrons. The molecule has 0 aliphatic rings. The summed E-state index contributed by atoms with van der Waals surface area (Å²) in [6.07, 6.45) is 3.74. The van der Waals surface area contributed by atoms with Gasteiger partial charge in [0.25, 0.3) is 0 Å². The molecule has 2 aromatic heterocycles. The Labute approximate surface area is 101 Å². The summed E-state index contributed by atoms with van der Waals surface area (Å²) in [6, 6.07) is 2.25. The molecule has 0 saturated carbocycles. The number of hydrogen-bond acceptors (Lipinski definition) is 4. The summed E-state index contributed by atoms with van der Waals surface area (Å²) in [5, 5.41) is 7.53. The molecule has 17 heavy (non-hydrogen) atoms. The Morgan fingerprint density at radius 3 is 2.88 bits per heavy atom. The second-order valence-corrected chi connectivity index (χ2v) is 4.26. The number of nitrogens with zero attached hydrogens (tertiary/aromatic N) is 3. The third-order valence-electron chi connectivity index (χ3n) is 2.69. The fraction of sp³-hybridized carbons (Fsp3) is 0.500. The number of aromatic nitrogens is 3. The fourth-order valence-electron chi connectivity index (χ4n) is 1.63. The van der Waals surface area contributed by atoms with Crippen LogP contribution in [0.4, 0.5) is 0 Å². The average molecular weight is 234 g/mol. The van der Waals surface area contributed by atoms with Crippen LogP contribution in [0.25, 0.3) is 0 Å². The standard InChI is InChI=1S/C12H18N4O/c1-9(8-16-6-4-5-14-16)13-7-12-15-10(2)11(3)17-12/h4-6,9,13H,7-8H2,1-3H3/t9-/m0/s1. The van der Waals surface area contributed by atoms with Crippen molar-refractivity contribution in [3.05, 3.63) is 35.8 Å². The van der Waals surface area contributed by atoms with Gasteiger partial charge in [0.15, 0.2) is 0 Å². The van der Waals surface area contributed by atoms with E-state index in [9.17, 15) is 0 Å². The van der Waals surface area contributed by atoms with Crippen molar-refractivity contribution in [2.45, 2.75) is 39.9 Å². The van der Waals surface area contributed by atoms with E-state index in [-0.39, 0.29) is 0 Å². The molecule has 2 heterocycles. The molecule has 1 atom stereocenters. The van der Waals surface area contributed by atoms with Gasteiger partial charge in [-0.05, 0) is 26.8 Å². The summed E-state index contributed by atoms with van der Waals surface area (Å²) in [5.74, 6) is 1.63. The molecule has 0 amide bonds. The van der Waals surface area contributed by atoms with Crippen LogP contribution in [-0.4, -0.2) is 20.8 Å². The van der Waals surface area contributed by atoms with Crippen LogP contribution in [0.3, 0.4) is 0 Å². The smallest absolute Gasteiger partial charge is 0.208 e. The number of hydrogen-bond donors (Lipinski definition) is 1. The van der Waals surface area contributed by atoms with Crippen LogP contribution >= 0.6 is 0 Å². The third-order valence-corrected chi connectivity index (χ3v) is 2.69. The molecule has 5 nitrogen and oxygen atoms in total. The van der Waals surface area contributed by atoms with Crippen LogP contribution < -0.4 is 5.32 Å². The Kier molecular flexibility index (Phi) is 3.58. The van der Waals surface area contributed by atoms with Gasteiger partial charge in [0, 0.05) is 18.4 Å². The largest absolute Gasteiger partial charge is 0.444 e. The predicted molar refractivity (Wildman–Crippen MR) is 64.5 cm³/mol. The SMILES string of the molecule is Cc1nc(CN[C@@H](C)Cn2cccn2)oc1C. The molecule has 1 N–H and O–H groups in total. The Hall–Kier alpha value is -1.62. The number of oxazole rings is 1. The van der Waals surface area contributed by atoms with Crippen LogP contribution in [0.5, 0.6) is 0 Å². The highest BCUT2D eigenvalue weighted by molar-refractivity contribution is 5.05. The van der Waals surface area contributed by atoms with Crippen LogP contribution in [0.1, 0.15) is 24.3 Å². The minimum atomic E-state index is 0.322. The molecule has 0 saturated heterocycles. The summed E-state index contributed by atoms with van der Waals surface area (Å²) < 4.78 is 7.41. The van der Waals surface area contributed by atoms with Crippen molar-refractivity contribution in [1.29, 1.82) is 0 Å². The minimum absolute atomic E-state index is 0.322. The molecule has 0 aromatic carbocycles. The zero-order chi connectivity index (χ0) is 12.3. The predicted octanol–water partition coefficient (Wildman–Crippen LogP) is 1.67. The first-order chi connectivity index (χ1) is 8.15. The molecule has 2 rings (SSSR count). The van der Waals surface area contributed by atoms with Gasteiger partial charge in [-0.15, -0.1) is 0 Å². The second kappa shape index (κ2) is 5.14. The van der Waals surface area contributed by atoms with Gasteiger partial charge in [0.05, 0.1) is 18.8 Å². The lowest BCUT2D eigenvalue weighted by atomic mass is 10.3. The quantitative estimate of drug-likeness (QED) is 0.855. The highest BCUT2D eigenvalue weighted by Crippen LogP contribution is 2.07. The molecule has 5 heteroatoms. The van der Waals surface area contributed by atoms with Crippen molar-refractivity contribution >= 4 is 0 Å². The Balaban J connectivity index is 1.81. The van der Waals surface area contributed by atoms with Crippen molar-refractivity contribution in [3.63, 3.8) is 0 Å². The number of rotatable bonds is 5. The maximum atomic E-state index is 5.50. The monoisotopic (exact) mass is 234 g/mol.